The first-order chi connectivity index (χ1) is 15.4. The van der Waals surface area contributed by atoms with Gasteiger partial charge in [0.2, 0.25) is 5.91 Å². The molecule has 4 aliphatic heterocycles. The van der Waals surface area contributed by atoms with Crippen molar-refractivity contribution in [1.29, 1.82) is 5.26 Å². The van der Waals surface area contributed by atoms with Crippen LogP contribution in [0.5, 0.6) is 5.75 Å². The molecule has 1 unspecified atom stereocenters. The second kappa shape index (κ2) is 5.85. The second-order valence-corrected chi connectivity index (χ2v) is 8.80. The molecule has 1 aromatic carbocycles. The van der Waals surface area contributed by atoms with E-state index in [0.717, 1.165) is 10.5 Å². The number of amides is 4. The van der Waals surface area contributed by atoms with Crippen LogP contribution in [-0.2, 0) is 16.0 Å². The Hall–Kier alpha value is -3.93. The zero-order valence-corrected chi connectivity index (χ0v) is 17.5. The Morgan fingerprint density at radius 1 is 1.34 bits per heavy atom. The zero-order valence-electron chi connectivity index (χ0n) is 17.5. The van der Waals surface area contributed by atoms with E-state index in [-0.39, 0.29) is 36.0 Å². The van der Waals surface area contributed by atoms with E-state index in [9.17, 15) is 14.4 Å². The number of anilines is 1. The van der Waals surface area contributed by atoms with Crippen molar-refractivity contribution in [2.75, 3.05) is 18.6 Å². The molecule has 7 rings (SSSR count). The average molecular weight is 429 g/mol. The molecule has 4 amide bonds. The van der Waals surface area contributed by atoms with Crippen molar-refractivity contribution in [3.8, 4) is 11.8 Å². The number of rotatable bonds is 4. The van der Waals surface area contributed by atoms with Crippen LogP contribution < -0.4 is 9.64 Å². The van der Waals surface area contributed by atoms with Gasteiger partial charge in [0.1, 0.15) is 23.1 Å². The molecule has 160 valence electrons. The van der Waals surface area contributed by atoms with Crippen LogP contribution in [0.2, 0.25) is 0 Å². The van der Waals surface area contributed by atoms with Crippen LogP contribution in [0, 0.1) is 18.3 Å². The number of ether oxygens (including phenoxy) is 1. The number of urea groups is 1. The first-order valence-electron chi connectivity index (χ1n) is 10.4. The highest BCUT2D eigenvalue weighted by Crippen LogP contribution is 2.75. The topological polar surface area (TPSA) is 107 Å². The van der Waals surface area contributed by atoms with Crippen molar-refractivity contribution in [2.45, 2.75) is 36.9 Å². The third-order valence-electron chi connectivity index (χ3n) is 7.41. The maximum atomic E-state index is 13.5. The van der Waals surface area contributed by atoms with Crippen molar-refractivity contribution in [1.82, 2.24) is 14.8 Å². The minimum Gasteiger partial charge on any atom is -0.497 e. The van der Waals surface area contributed by atoms with Crippen LogP contribution in [-0.4, -0.2) is 63.4 Å². The molecule has 5 aliphatic rings. The summed E-state index contributed by atoms with van der Waals surface area (Å²) in [6, 6.07) is 10.3. The van der Waals surface area contributed by atoms with Crippen LogP contribution >= 0.6 is 0 Å². The van der Waals surface area contributed by atoms with E-state index < -0.39 is 11.1 Å². The van der Waals surface area contributed by atoms with E-state index >= 15 is 0 Å². The number of hydrogen-bond acceptors (Lipinski definition) is 6. The number of aromatic nitrogens is 1. The average Bonchev–Trinajstić information content (AvgIpc) is 3.15. The number of aryl methyl sites for hydroxylation is 1. The zero-order chi connectivity index (χ0) is 22.4. The summed E-state index contributed by atoms with van der Waals surface area (Å²) >= 11 is 0. The van der Waals surface area contributed by atoms with Gasteiger partial charge < -0.3 is 9.64 Å². The quantitative estimate of drug-likeness (QED) is 0.537. The van der Waals surface area contributed by atoms with Gasteiger partial charge in [-0.25, -0.2) is 14.7 Å². The van der Waals surface area contributed by atoms with Gasteiger partial charge in [-0.15, -0.1) is 0 Å². The number of methoxy groups -OCH3 is 1. The van der Waals surface area contributed by atoms with Gasteiger partial charge in [-0.1, -0.05) is 12.1 Å². The molecule has 9 heteroatoms. The maximum Gasteiger partial charge on any atom is 0.333 e. The van der Waals surface area contributed by atoms with Gasteiger partial charge in [0.15, 0.2) is 5.54 Å². The normalized spacial score (nSPS) is 28.8. The van der Waals surface area contributed by atoms with Crippen LogP contribution in [0.15, 0.2) is 36.5 Å². The molecule has 2 bridgehead atoms. The molecule has 3 atom stereocenters. The van der Waals surface area contributed by atoms with E-state index in [4.69, 9.17) is 10.00 Å². The molecule has 4 saturated heterocycles. The predicted octanol–water partition coefficient (Wildman–Crippen LogP) is 1.39. The fourth-order valence-electron chi connectivity index (χ4n) is 5.98. The monoisotopic (exact) mass is 429 g/mol. The van der Waals surface area contributed by atoms with Crippen LogP contribution in [0.25, 0.3) is 0 Å². The van der Waals surface area contributed by atoms with Crippen molar-refractivity contribution >= 4 is 23.5 Å². The van der Waals surface area contributed by atoms with Gasteiger partial charge in [-0.05, 0) is 42.7 Å². The number of carbonyl (C=O) groups is 3. The first kappa shape index (κ1) is 18.8. The summed E-state index contributed by atoms with van der Waals surface area (Å²) in [5.74, 6) is 0.323. The molecule has 1 aromatic heterocycles. The van der Waals surface area contributed by atoms with Crippen LogP contribution in [0.4, 0.5) is 10.5 Å². The summed E-state index contributed by atoms with van der Waals surface area (Å²) in [5, 5.41) is 9.09. The van der Waals surface area contributed by atoms with Crippen LogP contribution in [0.3, 0.4) is 0 Å². The van der Waals surface area contributed by atoms with E-state index in [2.05, 4.69) is 4.98 Å². The number of hydrogen-bond donors (Lipinski definition) is 0. The molecule has 0 N–H and O–H groups in total. The van der Waals surface area contributed by atoms with E-state index in [1.165, 1.54) is 6.20 Å². The summed E-state index contributed by atoms with van der Waals surface area (Å²) in [7, 11) is 1.58. The fourth-order valence-corrected chi connectivity index (χ4v) is 5.98. The number of benzene rings is 1. The Kier molecular flexibility index (Phi) is 3.44. The summed E-state index contributed by atoms with van der Waals surface area (Å²) < 4.78 is 5.23. The summed E-state index contributed by atoms with van der Waals surface area (Å²) in [4.78, 5) is 48.3. The van der Waals surface area contributed by atoms with E-state index in [1.54, 1.807) is 29.9 Å². The molecule has 5 heterocycles. The Bertz CT molecular complexity index is 1290. The number of nitrogens with zero attached hydrogens (tertiary/aromatic N) is 5. The Balaban J connectivity index is 1.25. The number of piperazine rings is 1. The third-order valence-corrected chi connectivity index (χ3v) is 7.41. The lowest BCUT2D eigenvalue weighted by atomic mass is 9.73. The summed E-state index contributed by atoms with van der Waals surface area (Å²) in [6.07, 6.45) is 2.22. The standard InChI is InChI=1S/C23H19N5O4/c1-13-6-15(11-25-17(13)10-24)27-20(30)23-18-9-22(23,28(23)21(27)31)12-26(18)19(29)8-14-4-3-5-16(7-14)32-2/h3-7,11,18H,8-9,12H2,1-2H3/t18?,22-,23-,28?/m1/s1. The molecule has 32 heavy (non-hydrogen) atoms. The molecule has 1 aliphatic carbocycles. The smallest absolute Gasteiger partial charge is 0.333 e. The summed E-state index contributed by atoms with van der Waals surface area (Å²) in [6.45, 7) is 2.10. The van der Waals surface area contributed by atoms with Crippen molar-refractivity contribution < 1.29 is 19.1 Å². The van der Waals surface area contributed by atoms with Gasteiger partial charge in [-0.3, -0.25) is 14.5 Å². The predicted molar refractivity (Wildman–Crippen MR) is 111 cm³/mol. The van der Waals surface area contributed by atoms with Gasteiger partial charge in [0, 0.05) is 6.54 Å². The number of imide groups is 1. The van der Waals surface area contributed by atoms with Crippen molar-refractivity contribution in [3.05, 3.63) is 53.3 Å². The molecule has 2 aromatic rings. The van der Waals surface area contributed by atoms with Gasteiger partial charge in [0.25, 0.3) is 5.91 Å². The minimum atomic E-state index is -0.948. The number of pyridine rings is 1. The molecule has 0 radical (unpaired) electrons. The molecular formula is C23H19N5O4. The van der Waals surface area contributed by atoms with Gasteiger partial charge in [-0.2, -0.15) is 5.26 Å². The van der Waals surface area contributed by atoms with Gasteiger partial charge in [0.05, 0.1) is 31.5 Å². The molecule has 1 saturated carbocycles. The third kappa shape index (κ3) is 1.93. The van der Waals surface area contributed by atoms with Crippen molar-refractivity contribution in [2.24, 2.45) is 0 Å². The van der Waals surface area contributed by atoms with Crippen LogP contribution in [0.1, 0.15) is 23.2 Å². The van der Waals surface area contributed by atoms with E-state index in [1.807, 2.05) is 30.3 Å². The highest BCUT2D eigenvalue weighted by atomic mass is 16.5. The Labute approximate surface area is 183 Å². The number of fused-ring (bicyclic) bond motifs is 1. The highest BCUT2D eigenvalue weighted by Gasteiger charge is 3.00. The van der Waals surface area contributed by atoms with Gasteiger partial charge >= 0.3 is 6.03 Å². The highest BCUT2D eigenvalue weighted by molar-refractivity contribution is 6.30. The number of carbonyl (C=O) groups excluding carboxylic acids is 3. The lowest BCUT2D eigenvalue weighted by molar-refractivity contribution is -0.132. The Morgan fingerprint density at radius 3 is 2.88 bits per heavy atom. The second-order valence-electron chi connectivity index (χ2n) is 8.80. The molecular weight excluding hydrogens is 410 g/mol. The molecule has 5 fully saturated rings. The fraction of sp³-hybridized carbons (Fsp3) is 0.348. The molecule has 9 nitrogen and oxygen atoms in total. The minimum absolute atomic E-state index is 0.0590. The lowest BCUT2D eigenvalue weighted by Crippen LogP contribution is -2.57. The summed E-state index contributed by atoms with van der Waals surface area (Å²) in [5.41, 5.74) is 0.533. The first-order valence-corrected chi connectivity index (χ1v) is 10.4. The van der Waals surface area contributed by atoms with E-state index in [0.29, 0.717) is 30.0 Å². The maximum absolute atomic E-state index is 13.5. The van der Waals surface area contributed by atoms with Crippen molar-refractivity contribution in [3.63, 3.8) is 0 Å². The largest absolute Gasteiger partial charge is 0.497 e. The molecule has 2 spiro atoms. The Morgan fingerprint density at radius 2 is 2.16 bits per heavy atom. The SMILES string of the molecule is COc1cccc(CC(=O)N2C[C@]34CC2[C@@]32C(=O)N(c3cnc(C#N)c(C)c3)C(=O)N42)c1. The number of nitriles is 1. The lowest BCUT2D eigenvalue weighted by Gasteiger charge is -2.32.